The molecule has 16 heavy (non-hydrogen) atoms. The average molecular weight is 259 g/mol. The summed E-state index contributed by atoms with van der Waals surface area (Å²) in [5.41, 5.74) is 3.34. The van der Waals surface area contributed by atoms with Crippen molar-refractivity contribution in [1.82, 2.24) is 10.4 Å². The molecule has 0 amide bonds. The van der Waals surface area contributed by atoms with Crippen molar-refractivity contribution >= 4 is 23.5 Å². The fourth-order valence-electron chi connectivity index (χ4n) is 1.73. The van der Waals surface area contributed by atoms with Crippen molar-refractivity contribution in [2.24, 2.45) is 5.84 Å². The molecule has 1 aliphatic heterocycles. The van der Waals surface area contributed by atoms with E-state index in [1.807, 2.05) is 23.5 Å². The molecule has 3 nitrogen and oxygen atoms in total. The average Bonchev–Trinajstić information content (AvgIpc) is 2.34. The van der Waals surface area contributed by atoms with Crippen LogP contribution in [0.25, 0.3) is 0 Å². The van der Waals surface area contributed by atoms with Crippen molar-refractivity contribution in [3.8, 4) is 0 Å². The van der Waals surface area contributed by atoms with Crippen molar-refractivity contribution in [3.05, 3.63) is 29.8 Å². The van der Waals surface area contributed by atoms with Gasteiger partial charge in [0.25, 0.3) is 0 Å². The van der Waals surface area contributed by atoms with Crippen LogP contribution in [0.2, 0.25) is 0 Å². The zero-order chi connectivity index (χ0) is 11.4. The molecule has 1 saturated heterocycles. The van der Waals surface area contributed by atoms with Gasteiger partial charge < -0.3 is 0 Å². The largest absolute Gasteiger partial charge is 0.271 e. The number of nitrogens with one attached hydrogen (secondary N) is 1. The van der Waals surface area contributed by atoms with Gasteiger partial charge in [-0.2, -0.15) is 23.5 Å². The Kier molecular flexibility index (Phi) is 4.45. The first-order valence-corrected chi connectivity index (χ1v) is 7.28. The molecule has 2 rings (SSSR count). The van der Waals surface area contributed by atoms with Crippen LogP contribution in [0.15, 0.2) is 18.5 Å². The number of aromatic nitrogens is 1. The number of pyridine rings is 1. The predicted molar refractivity (Wildman–Crippen MR) is 67.8 cm³/mol. The predicted octanol–water partition coefficient (Wildman–Crippen LogP) is 1.57. The van der Waals surface area contributed by atoms with Crippen LogP contribution >= 0.6 is 23.5 Å². The van der Waals surface area contributed by atoms with Gasteiger partial charge in [0.15, 0.2) is 0 Å². The smallest absolute Gasteiger partial charge is 0.146 e. The molecule has 0 bridgehead atoms. The van der Waals surface area contributed by atoms with Crippen molar-refractivity contribution < 1.29 is 4.39 Å². The van der Waals surface area contributed by atoms with Crippen LogP contribution in [-0.2, 0) is 0 Å². The van der Waals surface area contributed by atoms with E-state index in [9.17, 15) is 4.39 Å². The number of halogens is 1. The molecule has 1 aromatic heterocycles. The van der Waals surface area contributed by atoms with Crippen LogP contribution in [0.4, 0.5) is 4.39 Å². The SMILES string of the molecule is NNC(c1ccncc1F)C1CSCCS1. The van der Waals surface area contributed by atoms with E-state index in [0.29, 0.717) is 10.8 Å². The van der Waals surface area contributed by atoms with E-state index in [1.54, 1.807) is 12.3 Å². The van der Waals surface area contributed by atoms with Gasteiger partial charge in [0.1, 0.15) is 5.82 Å². The van der Waals surface area contributed by atoms with Crippen LogP contribution in [0.1, 0.15) is 11.6 Å². The molecule has 88 valence electrons. The Morgan fingerprint density at radius 1 is 1.56 bits per heavy atom. The highest BCUT2D eigenvalue weighted by Gasteiger charge is 2.27. The van der Waals surface area contributed by atoms with Gasteiger partial charge in [-0.25, -0.2) is 4.39 Å². The van der Waals surface area contributed by atoms with E-state index in [4.69, 9.17) is 5.84 Å². The molecule has 3 N–H and O–H groups in total. The van der Waals surface area contributed by atoms with Gasteiger partial charge in [0, 0.05) is 34.3 Å². The Bertz CT molecular complexity index is 345. The van der Waals surface area contributed by atoms with E-state index < -0.39 is 0 Å². The lowest BCUT2D eigenvalue weighted by Gasteiger charge is -2.29. The Morgan fingerprint density at radius 3 is 3.06 bits per heavy atom. The molecule has 0 spiro atoms. The van der Waals surface area contributed by atoms with E-state index in [-0.39, 0.29) is 11.9 Å². The number of hydrogen-bond donors (Lipinski definition) is 2. The van der Waals surface area contributed by atoms with E-state index >= 15 is 0 Å². The van der Waals surface area contributed by atoms with Crippen LogP contribution in [0.5, 0.6) is 0 Å². The molecule has 2 atom stereocenters. The monoisotopic (exact) mass is 259 g/mol. The summed E-state index contributed by atoms with van der Waals surface area (Å²) in [6, 6.07) is 1.56. The molecule has 2 heterocycles. The number of nitrogens with two attached hydrogens (primary N) is 1. The highest BCUT2D eigenvalue weighted by atomic mass is 32.2. The second-order valence-electron chi connectivity index (χ2n) is 3.53. The summed E-state index contributed by atoms with van der Waals surface area (Å²) < 4.78 is 13.6. The van der Waals surface area contributed by atoms with E-state index in [1.165, 1.54) is 6.20 Å². The third-order valence-electron chi connectivity index (χ3n) is 2.53. The second-order valence-corrected chi connectivity index (χ2v) is 6.02. The first kappa shape index (κ1) is 12.2. The Hall–Kier alpha value is -0.300. The number of hydrogen-bond acceptors (Lipinski definition) is 5. The Balaban J connectivity index is 2.18. The third-order valence-corrected chi connectivity index (χ3v) is 5.40. The lowest BCUT2D eigenvalue weighted by molar-refractivity contribution is 0.509. The van der Waals surface area contributed by atoms with Crippen LogP contribution in [0.3, 0.4) is 0 Å². The second kappa shape index (κ2) is 5.86. The summed E-state index contributed by atoms with van der Waals surface area (Å²) >= 11 is 3.74. The maximum atomic E-state index is 13.6. The van der Waals surface area contributed by atoms with Gasteiger partial charge in [-0.3, -0.25) is 16.3 Å². The maximum absolute atomic E-state index is 13.6. The number of nitrogens with zero attached hydrogens (tertiary/aromatic N) is 1. The van der Waals surface area contributed by atoms with Gasteiger partial charge in [-0.15, -0.1) is 0 Å². The molecule has 0 radical (unpaired) electrons. The highest BCUT2D eigenvalue weighted by molar-refractivity contribution is 8.06. The molecule has 0 aromatic carbocycles. The van der Waals surface area contributed by atoms with Crippen molar-refractivity contribution in [3.63, 3.8) is 0 Å². The summed E-state index contributed by atoms with van der Waals surface area (Å²) in [5.74, 6) is 8.52. The van der Waals surface area contributed by atoms with Gasteiger partial charge >= 0.3 is 0 Å². The summed E-state index contributed by atoms with van der Waals surface area (Å²) in [6.45, 7) is 0. The fourth-order valence-corrected chi connectivity index (χ4v) is 4.58. The van der Waals surface area contributed by atoms with Crippen molar-refractivity contribution in [2.75, 3.05) is 17.3 Å². The zero-order valence-corrected chi connectivity index (χ0v) is 10.4. The van der Waals surface area contributed by atoms with Gasteiger partial charge in [0.2, 0.25) is 0 Å². The first-order chi connectivity index (χ1) is 7.83. The summed E-state index contributed by atoms with van der Waals surface area (Å²) in [7, 11) is 0. The minimum atomic E-state index is -0.290. The van der Waals surface area contributed by atoms with Gasteiger partial charge in [-0.05, 0) is 6.07 Å². The number of hydrazine groups is 1. The minimum Gasteiger partial charge on any atom is -0.271 e. The van der Waals surface area contributed by atoms with Gasteiger partial charge in [0.05, 0.1) is 12.2 Å². The highest BCUT2D eigenvalue weighted by Crippen LogP contribution is 2.33. The quantitative estimate of drug-likeness (QED) is 0.637. The van der Waals surface area contributed by atoms with Crippen LogP contribution < -0.4 is 11.3 Å². The van der Waals surface area contributed by atoms with Crippen molar-refractivity contribution in [1.29, 1.82) is 0 Å². The topological polar surface area (TPSA) is 50.9 Å². The zero-order valence-electron chi connectivity index (χ0n) is 8.73. The minimum absolute atomic E-state index is 0.138. The number of thioether (sulfide) groups is 2. The maximum Gasteiger partial charge on any atom is 0.146 e. The fraction of sp³-hybridized carbons (Fsp3) is 0.500. The normalized spacial score (nSPS) is 23.0. The lowest BCUT2D eigenvalue weighted by Crippen LogP contribution is -2.38. The molecule has 1 fully saturated rings. The van der Waals surface area contributed by atoms with Crippen molar-refractivity contribution in [2.45, 2.75) is 11.3 Å². The molecule has 1 aliphatic rings. The van der Waals surface area contributed by atoms with Gasteiger partial charge in [-0.1, -0.05) is 0 Å². The van der Waals surface area contributed by atoms with Crippen LogP contribution in [-0.4, -0.2) is 27.5 Å². The summed E-state index contributed by atoms with van der Waals surface area (Å²) in [5, 5.41) is 0.320. The number of rotatable bonds is 3. The van der Waals surface area contributed by atoms with Crippen LogP contribution in [0, 0.1) is 5.82 Å². The van der Waals surface area contributed by atoms with E-state index in [0.717, 1.165) is 17.3 Å². The first-order valence-electron chi connectivity index (χ1n) is 5.08. The standard InChI is InChI=1S/C10H14FN3S2/c11-8-5-13-2-1-7(8)10(14-12)9-6-15-3-4-16-9/h1-2,5,9-10,14H,3-4,6,12H2. The Labute approximate surface area is 103 Å². The van der Waals surface area contributed by atoms with E-state index in [2.05, 4.69) is 10.4 Å². The molecule has 2 unspecified atom stereocenters. The summed E-state index contributed by atoms with van der Waals surface area (Å²) in [6.07, 6.45) is 2.84. The summed E-state index contributed by atoms with van der Waals surface area (Å²) in [4.78, 5) is 3.75. The third kappa shape index (κ3) is 2.68. The molecule has 0 saturated carbocycles. The molecule has 1 aromatic rings. The molecular weight excluding hydrogens is 245 g/mol. The Morgan fingerprint density at radius 2 is 2.44 bits per heavy atom. The molecular formula is C10H14FN3S2. The lowest BCUT2D eigenvalue weighted by atomic mass is 10.1. The molecule has 0 aliphatic carbocycles. The molecule has 6 heteroatoms.